The lowest BCUT2D eigenvalue weighted by molar-refractivity contribution is -0.144. The van der Waals surface area contributed by atoms with Crippen molar-refractivity contribution in [2.45, 2.75) is 25.8 Å². The third kappa shape index (κ3) is 4.53. The predicted octanol–water partition coefficient (Wildman–Crippen LogP) is 2.33. The lowest BCUT2D eigenvalue weighted by Gasteiger charge is -2.09. The Kier molecular flexibility index (Phi) is 6.47. The molecule has 22 heavy (non-hydrogen) atoms. The maximum absolute atomic E-state index is 13.4. The lowest BCUT2D eigenvalue weighted by Crippen LogP contribution is -2.22. The maximum atomic E-state index is 13.4. The van der Waals surface area contributed by atoms with Crippen molar-refractivity contribution in [1.82, 2.24) is 0 Å². The lowest BCUT2D eigenvalue weighted by atomic mass is 10.0. The van der Waals surface area contributed by atoms with Gasteiger partial charge >= 0.3 is 5.97 Å². The third-order valence-electron chi connectivity index (χ3n) is 2.72. The van der Waals surface area contributed by atoms with Crippen LogP contribution in [-0.2, 0) is 14.3 Å². The molecule has 0 bridgehead atoms. The molecule has 0 radical (unpaired) electrons. The summed E-state index contributed by atoms with van der Waals surface area (Å²) in [5, 5.41) is 0. The molecule has 0 amide bonds. The van der Waals surface area contributed by atoms with Gasteiger partial charge in [-0.3, -0.25) is 4.79 Å². The van der Waals surface area contributed by atoms with E-state index < -0.39 is 47.2 Å². The molecule has 8 heteroatoms. The van der Waals surface area contributed by atoms with Gasteiger partial charge in [-0.15, -0.1) is 0 Å². The van der Waals surface area contributed by atoms with E-state index in [0.29, 0.717) is 6.07 Å². The first-order valence-electron chi connectivity index (χ1n) is 6.32. The van der Waals surface area contributed by atoms with Gasteiger partial charge in [0.25, 0.3) is 0 Å². The monoisotopic (exact) mass is 315 g/mol. The van der Waals surface area contributed by atoms with Crippen LogP contribution < -0.4 is 0 Å². The van der Waals surface area contributed by atoms with Gasteiger partial charge in [0.05, 0.1) is 12.2 Å². The number of ketones is 1. The van der Waals surface area contributed by atoms with Gasteiger partial charge < -0.3 is 4.74 Å². The fraction of sp³-hybridized carbons (Fsp3) is 0.357. The number of benzene rings is 1. The number of isocyanates is 1. The van der Waals surface area contributed by atoms with Crippen LogP contribution in [0.5, 0.6) is 0 Å². The minimum absolute atomic E-state index is 0.0511. The molecule has 0 aliphatic heterocycles. The van der Waals surface area contributed by atoms with Crippen molar-refractivity contribution in [3.8, 4) is 0 Å². The Hall–Kier alpha value is -2.47. The number of esters is 1. The number of hydrogen-bond donors (Lipinski definition) is 0. The van der Waals surface area contributed by atoms with Crippen LogP contribution in [0.15, 0.2) is 17.1 Å². The largest absolute Gasteiger partial charge is 0.464 e. The zero-order valence-electron chi connectivity index (χ0n) is 11.6. The van der Waals surface area contributed by atoms with Crippen molar-refractivity contribution in [3.05, 3.63) is 35.1 Å². The molecule has 5 nitrogen and oxygen atoms in total. The second kappa shape index (κ2) is 8.09. The molecule has 0 N–H and O–H groups in total. The quantitative estimate of drug-likeness (QED) is 0.254. The molecule has 0 saturated heterocycles. The molecular formula is C14H12F3NO4. The van der Waals surface area contributed by atoms with E-state index in [1.165, 1.54) is 6.08 Å². The van der Waals surface area contributed by atoms with Gasteiger partial charge in [-0.25, -0.2) is 22.8 Å². The van der Waals surface area contributed by atoms with Gasteiger partial charge in [-0.05, 0) is 19.4 Å². The molecule has 118 valence electrons. The number of ether oxygens (including phenoxy) is 1. The SMILES string of the molecule is CCOC(=O)C(CCC(=O)c1cc(F)c(F)cc1F)N=C=O. The predicted molar refractivity (Wildman–Crippen MR) is 68.4 cm³/mol. The first kappa shape index (κ1) is 17.6. The fourth-order valence-corrected chi connectivity index (χ4v) is 1.68. The van der Waals surface area contributed by atoms with E-state index in [4.69, 9.17) is 0 Å². The van der Waals surface area contributed by atoms with Crippen LogP contribution in [0.2, 0.25) is 0 Å². The Morgan fingerprint density at radius 1 is 1.23 bits per heavy atom. The van der Waals surface area contributed by atoms with Gasteiger partial charge in [-0.2, -0.15) is 4.99 Å². The van der Waals surface area contributed by atoms with Gasteiger partial charge in [-0.1, -0.05) is 0 Å². The van der Waals surface area contributed by atoms with E-state index in [1.807, 2.05) is 0 Å². The maximum Gasteiger partial charge on any atom is 0.331 e. The molecule has 0 saturated carbocycles. The average molecular weight is 315 g/mol. The molecule has 0 aromatic heterocycles. The summed E-state index contributed by atoms with van der Waals surface area (Å²) in [4.78, 5) is 36.7. The summed E-state index contributed by atoms with van der Waals surface area (Å²) in [5.41, 5.74) is -0.642. The number of halogens is 3. The van der Waals surface area contributed by atoms with Crippen LogP contribution >= 0.6 is 0 Å². The normalized spacial score (nSPS) is 11.5. The Balaban J connectivity index is 2.81. The second-order valence-electron chi connectivity index (χ2n) is 4.20. The molecule has 1 rings (SSSR count). The number of Topliss-reactive ketones (excluding diaryl/α,β-unsaturated/α-hetero) is 1. The molecule has 1 aromatic carbocycles. The number of carbonyl (C=O) groups excluding carboxylic acids is 3. The Morgan fingerprint density at radius 3 is 2.45 bits per heavy atom. The van der Waals surface area contributed by atoms with Crippen molar-refractivity contribution in [1.29, 1.82) is 0 Å². The van der Waals surface area contributed by atoms with E-state index in [9.17, 15) is 27.6 Å². The highest BCUT2D eigenvalue weighted by atomic mass is 19.2. The van der Waals surface area contributed by atoms with E-state index in [0.717, 1.165) is 0 Å². The molecule has 1 atom stereocenters. The van der Waals surface area contributed by atoms with Gasteiger partial charge in [0, 0.05) is 12.5 Å². The van der Waals surface area contributed by atoms with Crippen LogP contribution in [0.1, 0.15) is 30.1 Å². The highest BCUT2D eigenvalue weighted by Crippen LogP contribution is 2.17. The number of carbonyl (C=O) groups is 2. The van der Waals surface area contributed by atoms with E-state index in [1.54, 1.807) is 6.92 Å². The smallest absolute Gasteiger partial charge is 0.331 e. The Morgan fingerprint density at radius 2 is 1.86 bits per heavy atom. The highest BCUT2D eigenvalue weighted by Gasteiger charge is 2.22. The van der Waals surface area contributed by atoms with Gasteiger partial charge in [0.1, 0.15) is 5.82 Å². The summed E-state index contributed by atoms with van der Waals surface area (Å²) in [7, 11) is 0. The van der Waals surface area contributed by atoms with Crippen molar-refractivity contribution in [2.75, 3.05) is 6.61 Å². The molecule has 1 unspecified atom stereocenters. The topological polar surface area (TPSA) is 72.8 Å². The summed E-state index contributed by atoms with van der Waals surface area (Å²) in [5.74, 6) is -5.67. The third-order valence-corrected chi connectivity index (χ3v) is 2.72. The number of nitrogens with zero attached hydrogens (tertiary/aromatic N) is 1. The van der Waals surface area contributed by atoms with Crippen molar-refractivity contribution in [3.63, 3.8) is 0 Å². The first-order chi connectivity index (χ1) is 10.4. The molecular weight excluding hydrogens is 303 g/mol. The van der Waals surface area contributed by atoms with Gasteiger partial charge in [0.15, 0.2) is 23.5 Å². The van der Waals surface area contributed by atoms with E-state index in [2.05, 4.69) is 9.73 Å². The van der Waals surface area contributed by atoms with E-state index >= 15 is 0 Å². The average Bonchev–Trinajstić information content (AvgIpc) is 2.47. The van der Waals surface area contributed by atoms with Crippen molar-refractivity contribution < 1.29 is 32.3 Å². The van der Waals surface area contributed by atoms with Crippen LogP contribution in [-0.4, -0.2) is 30.5 Å². The molecule has 0 aliphatic carbocycles. The summed E-state index contributed by atoms with van der Waals surface area (Å²) >= 11 is 0. The molecule has 0 fully saturated rings. The van der Waals surface area contributed by atoms with Crippen LogP contribution in [0.25, 0.3) is 0 Å². The Labute approximate surface area is 123 Å². The molecule has 0 aliphatic rings. The van der Waals surface area contributed by atoms with E-state index in [-0.39, 0.29) is 19.1 Å². The van der Waals surface area contributed by atoms with Crippen LogP contribution in [0, 0.1) is 17.5 Å². The number of hydrogen-bond acceptors (Lipinski definition) is 5. The Bertz CT molecular complexity index is 627. The molecule has 1 aromatic rings. The summed E-state index contributed by atoms with van der Waals surface area (Å²) < 4.78 is 43.9. The zero-order valence-corrected chi connectivity index (χ0v) is 11.6. The highest BCUT2D eigenvalue weighted by molar-refractivity contribution is 5.96. The fourth-order valence-electron chi connectivity index (χ4n) is 1.68. The minimum atomic E-state index is -1.41. The standard InChI is InChI=1S/C14H12F3NO4/c1-2-22-14(21)12(18-7-19)3-4-13(20)8-5-10(16)11(17)6-9(8)15/h5-6,12H,2-4H2,1H3. The summed E-state index contributed by atoms with van der Waals surface area (Å²) in [6.45, 7) is 1.59. The van der Waals surface area contributed by atoms with Gasteiger partial charge in [0.2, 0.25) is 6.08 Å². The first-order valence-corrected chi connectivity index (χ1v) is 6.32. The van der Waals surface area contributed by atoms with Crippen molar-refractivity contribution in [2.24, 2.45) is 4.99 Å². The van der Waals surface area contributed by atoms with Crippen LogP contribution in [0.4, 0.5) is 13.2 Å². The summed E-state index contributed by atoms with van der Waals surface area (Å²) in [6.07, 6.45) is 0.527. The van der Waals surface area contributed by atoms with Crippen molar-refractivity contribution >= 4 is 17.8 Å². The summed E-state index contributed by atoms with van der Waals surface area (Å²) in [6, 6.07) is -0.556. The van der Waals surface area contributed by atoms with Crippen LogP contribution in [0.3, 0.4) is 0 Å². The minimum Gasteiger partial charge on any atom is -0.464 e. The molecule has 0 heterocycles. The number of aliphatic imine (C=N–C) groups is 1. The molecule has 0 spiro atoms. The zero-order chi connectivity index (χ0) is 16.7. The number of rotatable bonds is 7. The second-order valence-corrected chi connectivity index (χ2v) is 4.20.